The average Bonchev–Trinajstić information content (AvgIpc) is 3.38. The van der Waals surface area contributed by atoms with E-state index in [0.29, 0.717) is 0 Å². The number of benzene rings is 2. The minimum absolute atomic E-state index is 0. The van der Waals surface area contributed by atoms with Crippen molar-refractivity contribution in [3.05, 3.63) is 93.2 Å². The van der Waals surface area contributed by atoms with Gasteiger partial charge < -0.3 is 24.8 Å². The van der Waals surface area contributed by atoms with E-state index in [0.717, 1.165) is 5.54 Å². The van der Waals surface area contributed by atoms with Crippen LogP contribution in [-0.2, 0) is 26.2 Å². The Balaban J connectivity index is 0.000000216. The summed E-state index contributed by atoms with van der Waals surface area (Å²) >= 11 is 1.87. The van der Waals surface area contributed by atoms with Gasteiger partial charge in [-0.1, -0.05) is 72.2 Å². The van der Waals surface area contributed by atoms with Gasteiger partial charge in [0.25, 0.3) is 0 Å². The molecule has 1 radical (unpaired) electrons. The van der Waals surface area contributed by atoms with Crippen molar-refractivity contribution in [3.63, 3.8) is 0 Å². The van der Waals surface area contributed by atoms with Crippen molar-refractivity contribution < 1.29 is 51.0 Å². The van der Waals surface area contributed by atoms with Gasteiger partial charge in [-0.3, -0.25) is 0 Å². The molecule has 0 saturated carbocycles. The normalized spacial score (nSPS) is 16.6. The van der Waals surface area contributed by atoms with Gasteiger partial charge in [0.05, 0.1) is 8.07 Å². The summed E-state index contributed by atoms with van der Waals surface area (Å²) in [7, 11) is -0.976. The zero-order chi connectivity index (χ0) is 20.3. The molecule has 1 aromatic heterocycles. The smallest absolute Gasteiger partial charge is 1.00 e. The largest absolute Gasteiger partial charge is 3.00 e. The molecule has 3 aliphatic rings. The molecular weight excluding hydrogens is 547 g/mol. The SMILES string of the molecule is CC1=C2c3cscc3C1[Si]2(C)C.Cc1ccc(-c2cccc3[cH-]c(C)cc23)cc1.[Cl-].[Cl-].[Zr+3]. The molecule has 3 aromatic carbocycles. The molecule has 2 bridgehead atoms. The van der Waals surface area contributed by atoms with Crippen LogP contribution >= 0.6 is 11.3 Å². The van der Waals surface area contributed by atoms with Crippen LogP contribution in [0.3, 0.4) is 0 Å². The van der Waals surface area contributed by atoms with Crippen molar-refractivity contribution in [2.45, 2.75) is 39.4 Å². The van der Waals surface area contributed by atoms with Gasteiger partial charge in [0.2, 0.25) is 0 Å². The molecule has 163 valence electrons. The fourth-order valence-corrected chi connectivity index (χ4v) is 11.0. The average molecular weight is 574 g/mol. The molecule has 0 N–H and O–H groups in total. The van der Waals surface area contributed by atoms with Gasteiger partial charge >= 0.3 is 26.2 Å². The summed E-state index contributed by atoms with van der Waals surface area (Å²) in [5, 5.41) is 9.16. The van der Waals surface area contributed by atoms with Crippen molar-refractivity contribution in [2.24, 2.45) is 0 Å². The van der Waals surface area contributed by atoms with E-state index in [4.69, 9.17) is 0 Å². The summed E-state index contributed by atoms with van der Waals surface area (Å²) in [5.74, 6) is 0. The Bertz CT molecular complexity index is 1260. The first-order chi connectivity index (χ1) is 13.9. The summed E-state index contributed by atoms with van der Waals surface area (Å²) in [6.07, 6.45) is 0. The zero-order valence-electron chi connectivity index (χ0n) is 19.1. The van der Waals surface area contributed by atoms with Crippen LogP contribution in [0.5, 0.6) is 0 Å². The fraction of sp³-hybridized carbons (Fsp3) is 0.222. The predicted molar refractivity (Wildman–Crippen MR) is 132 cm³/mol. The fourth-order valence-electron chi connectivity index (χ4n) is 5.55. The number of hydrogen-bond donors (Lipinski definition) is 0. The van der Waals surface area contributed by atoms with Crippen LogP contribution in [0, 0.1) is 13.8 Å². The zero-order valence-corrected chi connectivity index (χ0v) is 24.9. The maximum absolute atomic E-state index is 2.50. The van der Waals surface area contributed by atoms with Gasteiger partial charge in [-0.15, -0.1) is 34.5 Å². The van der Waals surface area contributed by atoms with E-state index in [2.05, 4.69) is 99.2 Å². The minimum atomic E-state index is -0.976. The van der Waals surface area contributed by atoms with Crippen molar-refractivity contribution in [2.75, 3.05) is 0 Å². The van der Waals surface area contributed by atoms with Crippen LogP contribution in [0.15, 0.2) is 70.9 Å². The van der Waals surface area contributed by atoms with Crippen LogP contribution in [0.25, 0.3) is 27.1 Å². The van der Waals surface area contributed by atoms with E-state index in [-0.39, 0.29) is 51.0 Å². The Hall–Kier alpha value is -0.830. The Morgan fingerprint density at radius 1 is 0.875 bits per heavy atom. The maximum atomic E-state index is 2.50. The summed E-state index contributed by atoms with van der Waals surface area (Å²) in [6, 6.07) is 19.8. The van der Waals surface area contributed by atoms with Crippen LogP contribution < -0.4 is 24.8 Å². The molecule has 5 heteroatoms. The van der Waals surface area contributed by atoms with Gasteiger partial charge in [0.15, 0.2) is 0 Å². The van der Waals surface area contributed by atoms with Gasteiger partial charge in [-0.25, -0.2) is 0 Å². The quantitative estimate of drug-likeness (QED) is 0.242. The molecule has 0 nitrogen and oxygen atoms in total. The summed E-state index contributed by atoms with van der Waals surface area (Å²) in [4.78, 5) is 0. The van der Waals surface area contributed by atoms with Gasteiger partial charge in [-0.2, -0.15) is 17.4 Å². The summed E-state index contributed by atoms with van der Waals surface area (Å²) in [6.45, 7) is 11.6. The van der Waals surface area contributed by atoms with E-state index in [1.165, 1.54) is 33.0 Å². The Morgan fingerprint density at radius 3 is 2.19 bits per heavy atom. The molecule has 3 heterocycles. The molecular formula is C27H27Cl2SSiZr. The second kappa shape index (κ2) is 10.2. The van der Waals surface area contributed by atoms with Crippen molar-refractivity contribution >= 4 is 35.4 Å². The molecule has 1 aliphatic carbocycles. The van der Waals surface area contributed by atoms with Crippen molar-refractivity contribution in [1.29, 1.82) is 0 Å². The number of allylic oxidation sites excluding steroid dienone is 1. The molecule has 4 aromatic rings. The van der Waals surface area contributed by atoms with E-state index < -0.39 is 8.07 Å². The number of fused-ring (bicyclic) bond motifs is 1. The molecule has 1 atom stereocenters. The topological polar surface area (TPSA) is 0 Å². The number of rotatable bonds is 1. The maximum Gasteiger partial charge on any atom is 3.00 e. The van der Waals surface area contributed by atoms with Crippen molar-refractivity contribution in [3.8, 4) is 11.1 Å². The first kappa shape index (κ1) is 27.4. The molecule has 0 fully saturated rings. The second-order valence-corrected chi connectivity index (χ2v) is 14.4. The van der Waals surface area contributed by atoms with E-state index >= 15 is 0 Å². The van der Waals surface area contributed by atoms with Crippen molar-refractivity contribution in [1.82, 2.24) is 0 Å². The van der Waals surface area contributed by atoms with Gasteiger partial charge in [0.1, 0.15) is 0 Å². The third kappa shape index (κ3) is 4.32. The monoisotopic (exact) mass is 571 g/mol. The molecule has 7 rings (SSSR count). The second-order valence-electron chi connectivity index (χ2n) is 9.16. The molecule has 0 saturated heterocycles. The Labute approximate surface area is 228 Å². The van der Waals surface area contributed by atoms with Crippen LogP contribution in [0.2, 0.25) is 13.1 Å². The third-order valence-electron chi connectivity index (χ3n) is 6.72. The van der Waals surface area contributed by atoms with E-state index in [9.17, 15) is 0 Å². The molecule has 0 spiro atoms. The first-order valence-electron chi connectivity index (χ1n) is 10.4. The number of thiophene rings is 1. The first-order valence-corrected chi connectivity index (χ1v) is 14.4. The minimum Gasteiger partial charge on any atom is -1.00 e. The molecule has 1 unspecified atom stereocenters. The van der Waals surface area contributed by atoms with Crippen LogP contribution in [0.4, 0.5) is 0 Å². The Morgan fingerprint density at radius 2 is 1.56 bits per heavy atom. The van der Waals surface area contributed by atoms with E-state index in [1.807, 2.05) is 11.3 Å². The van der Waals surface area contributed by atoms with Crippen LogP contribution in [-0.4, -0.2) is 8.07 Å². The van der Waals surface area contributed by atoms with Gasteiger partial charge in [0, 0.05) is 5.54 Å². The third-order valence-corrected chi connectivity index (χ3v) is 11.6. The number of hydrogen-bond acceptors (Lipinski definition) is 1. The molecule has 32 heavy (non-hydrogen) atoms. The predicted octanol–water partition coefficient (Wildman–Crippen LogP) is 2.27. The molecule has 0 amide bonds. The Kier molecular flexibility index (Phi) is 8.74. The van der Waals surface area contributed by atoms with Gasteiger partial charge in [-0.05, 0) is 41.3 Å². The number of aryl methyl sites for hydroxylation is 2. The van der Waals surface area contributed by atoms with E-state index in [1.54, 1.807) is 21.9 Å². The van der Waals surface area contributed by atoms with Crippen LogP contribution in [0.1, 0.15) is 34.7 Å². The summed E-state index contributed by atoms with van der Waals surface area (Å²) in [5.41, 5.74) is 11.1. The number of halogens is 2. The summed E-state index contributed by atoms with van der Waals surface area (Å²) < 4.78 is 0. The molecule has 2 aliphatic heterocycles. The standard InChI is InChI=1S/C17H15.C10H12SSi.2ClH.Zr/c1-12-6-8-14(9-7-12)16-5-3-4-15-10-13(2)11-17(15)16;1-6-9-7-4-11-5-8(7)10(6)12(9,2)3;;;/h3-11H,1-2H3;4-5,9H,1-3H3;2*1H;/q-1;;;;+3/p-2.